The second-order valence-electron chi connectivity index (χ2n) is 7.04. The number of rotatable bonds is 5. The van der Waals surface area contributed by atoms with E-state index < -0.39 is 11.9 Å². The van der Waals surface area contributed by atoms with Gasteiger partial charge in [0, 0.05) is 28.9 Å². The van der Waals surface area contributed by atoms with Crippen molar-refractivity contribution in [1.29, 1.82) is 0 Å². The highest BCUT2D eigenvalue weighted by Gasteiger charge is 2.25. The number of anilines is 3. The molecule has 0 spiro atoms. The molecule has 2 aromatic heterocycles. The lowest BCUT2D eigenvalue weighted by Crippen LogP contribution is -2.18. The van der Waals surface area contributed by atoms with Gasteiger partial charge in [0.05, 0.1) is 4.70 Å². The first-order valence-electron chi connectivity index (χ1n) is 9.20. The first-order valence-corrected chi connectivity index (χ1v) is 9.98. The number of aliphatic hydroxyl groups excluding tert-OH is 1. The molecule has 1 aliphatic carbocycles. The molecule has 3 N–H and O–H groups in total. The minimum Gasteiger partial charge on any atom is -0.386 e. The Morgan fingerprint density at radius 2 is 2.04 bits per heavy atom. The third kappa shape index (κ3) is 3.95. The van der Waals surface area contributed by atoms with E-state index in [9.17, 15) is 9.50 Å². The van der Waals surface area contributed by atoms with E-state index in [1.54, 1.807) is 6.20 Å². The van der Waals surface area contributed by atoms with Gasteiger partial charge in [0.25, 0.3) is 0 Å². The predicted molar refractivity (Wildman–Crippen MR) is 109 cm³/mol. The van der Waals surface area contributed by atoms with Gasteiger partial charge >= 0.3 is 0 Å². The molecule has 9 heteroatoms. The number of aromatic nitrogens is 4. The molecule has 146 valence electrons. The second kappa shape index (κ2) is 7.76. The summed E-state index contributed by atoms with van der Waals surface area (Å²) in [5.74, 6) is 0.372. The maximum absolute atomic E-state index is 14.5. The monoisotopic (exact) mass is 400 g/mol. The summed E-state index contributed by atoms with van der Waals surface area (Å²) >= 11 is 1.43. The molecule has 0 bridgehead atoms. The molecule has 1 unspecified atom stereocenters. The Morgan fingerprint density at radius 1 is 1.21 bits per heavy atom. The van der Waals surface area contributed by atoms with Gasteiger partial charge in [0.1, 0.15) is 11.9 Å². The molecule has 0 saturated carbocycles. The van der Waals surface area contributed by atoms with Crippen molar-refractivity contribution in [3.05, 3.63) is 36.0 Å². The average Bonchev–Trinajstić information content (AvgIpc) is 3.11. The van der Waals surface area contributed by atoms with E-state index in [0.717, 1.165) is 15.8 Å². The molecule has 0 fully saturated rings. The number of benzene rings is 1. The molecule has 7 nitrogen and oxygen atoms in total. The highest BCUT2D eigenvalue weighted by molar-refractivity contribution is 7.13. The van der Waals surface area contributed by atoms with Crippen molar-refractivity contribution >= 4 is 44.8 Å². The highest BCUT2D eigenvalue weighted by atomic mass is 32.1. The summed E-state index contributed by atoms with van der Waals surface area (Å²) < 4.78 is 19.8. The van der Waals surface area contributed by atoms with Crippen LogP contribution in [-0.4, -0.2) is 36.6 Å². The number of hydrogen-bond acceptors (Lipinski definition) is 8. The number of allylic oxidation sites excluding steroid dienone is 1. The van der Waals surface area contributed by atoms with Crippen LogP contribution in [0.1, 0.15) is 38.9 Å². The number of fused-ring (bicyclic) bond motifs is 1. The molecule has 28 heavy (non-hydrogen) atoms. The summed E-state index contributed by atoms with van der Waals surface area (Å²) in [4.78, 5) is 13.2. The van der Waals surface area contributed by atoms with Crippen molar-refractivity contribution in [3.8, 4) is 0 Å². The fourth-order valence-corrected chi connectivity index (χ4v) is 3.73. The lowest BCUT2D eigenvalue weighted by molar-refractivity contribution is 0.165. The van der Waals surface area contributed by atoms with Crippen molar-refractivity contribution in [2.24, 2.45) is 0 Å². The van der Waals surface area contributed by atoms with Crippen molar-refractivity contribution in [3.63, 3.8) is 0 Å². The van der Waals surface area contributed by atoms with Crippen molar-refractivity contribution in [1.82, 2.24) is 19.3 Å². The van der Waals surface area contributed by atoms with Crippen LogP contribution in [0.15, 0.2) is 30.2 Å². The molecule has 1 atom stereocenters. The zero-order chi connectivity index (χ0) is 19.7. The quantitative estimate of drug-likeness (QED) is 0.588. The minimum atomic E-state index is -1.09. The number of halogens is 1. The van der Waals surface area contributed by atoms with Gasteiger partial charge in [0.15, 0.2) is 5.82 Å². The molecule has 4 rings (SSSR count). The van der Waals surface area contributed by atoms with E-state index in [4.69, 9.17) is 0 Å². The summed E-state index contributed by atoms with van der Waals surface area (Å²) in [6.45, 7) is 3.94. The van der Waals surface area contributed by atoms with Gasteiger partial charge in [-0.2, -0.15) is 19.3 Å². The summed E-state index contributed by atoms with van der Waals surface area (Å²) in [6.07, 6.45) is 2.30. The molecular weight excluding hydrogens is 379 g/mol. The molecule has 0 amide bonds. The van der Waals surface area contributed by atoms with Crippen LogP contribution in [0.2, 0.25) is 0 Å². The van der Waals surface area contributed by atoms with Gasteiger partial charge in [-0.25, -0.2) is 4.39 Å². The summed E-state index contributed by atoms with van der Waals surface area (Å²) in [7, 11) is 0. The molecule has 3 aromatic rings. The van der Waals surface area contributed by atoms with Gasteiger partial charge in [0.2, 0.25) is 11.9 Å². The van der Waals surface area contributed by atoms with Gasteiger partial charge in [-0.05, 0) is 62.8 Å². The topological polar surface area (TPSA) is 95.9 Å². The summed E-state index contributed by atoms with van der Waals surface area (Å²) in [6, 6.07) is 5.96. The van der Waals surface area contributed by atoms with E-state index in [2.05, 4.69) is 30.0 Å². The third-order valence-corrected chi connectivity index (χ3v) is 5.20. The van der Waals surface area contributed by atoms with E-state index in [-0.39, 0.29) is 11.9 Å². The van der Waals surface area contributed by atoms with Crippen LogP contribution in [0.5, 0.6) is 0 Å². The molecular formula is C19H21FN6OS. The fraction of sp³-hybridized carbons (Fsp3) is 0.368. The van der Waals surface area contributed by atoms with Crippen molar-refractivity contribution in [2.75, 3.05) is 10.6 Å². The molecule has 0 radical (unpaired) electrons. The molecule has 0 saturated heterocycles. The molecule has 1 aromatic carbocycles. The lowest BCUT2D eigenvalue weighted by atomic mass is 9.96. The Labute approximate surface area is 165 Å². The Morgan fingerprint density at radius 3 is 2.86 bits per heavy atom. The second-order valence-corrected chi connectivity index (χ2v) is 7.88. The van der Waals surface area contributed by atoms with Crippen LogP contribution >= 0.6 is 11.5 Å². The van der Waals surface area contributed by atoms with E-state index in [1.165, 1.54) is 11.5 Å². The van der Waals surface area contributed by atoms with Gasteiger partial charge in [-0.3, -0.25) is 0 Å². The zero-order valence-electron chi connectivity index (χ0n) is 15.6. The summed E-state index contributed by atoms with van der Waals surface area (Å²) in [5, 5.41) is 17.2. The fourth-order valence-electron chi connectivity index (χ4n) is 3.11. The highest BCUT2D eigenvalue weighted by Crippen LogP contribution is 2.32. The van der Waals surface area contributed by atoms with Crippen LogP contribution in [-0.2, 0) is 0 Å². The predicted octanol–water partition coefficient (Wildman–Crippen LogP) is 4.27. The Kier molecular flexibility index (Phi) is 5.19. The van der Waals surface area contributed by atoms with E-state index in [0.29, 0.717) is 36.7 Å². The smallest absolute Gasteiger partial charge is 0.232 e. The lowest BCUT2D eigenvalue weighted by Gasteiger charge is -2.19. The largest absolute Gasteiger partial charge is 0.386 e. The van der Waals surface area contributed by atoms with Gasteiger partial charge in [-0.15, -0.1) is 0 Å². The standard InChI is InChI=1S/C19H21FN6OS/c1-10(2)22-18-24-17(13-4-3-5-14(27)16(13)20)25-19(26-18)23-12-6-7-15-11(8-12)9-21-28-15/h6-10,14,27H,3-5H2,1-2H3,(H2,22,23,24,25,26). The number of nitrogens with one attached hydrogen (secondary N) is 2. The Hall–Kier alpha value is -2.65. The maximum Gasteiger partial charge on any atom is 0.232 e. The molecule has 1 aliphatic rings. The normalized spacial score (nSPS) is 17.4. The van der Waals surface area contributed by atoms with E-state index >= 15 is 0 Å². The first kappa shape index (κ1) is 18.7. The van der Waals surface area contributed by atoms with Crippen LogP contribution in [0.4, 0.5) is 22.0 Å². The van der Waals surface area contributed by atoms with Crippen LogP contribution < -0.4 is 10.6 Å². The third-order valence-electron chi connectivity index (χ3n) is 4.42. The van der Waals surface area contributed by atoms with Gasteiger partial charge < -0.3 is 15.7 Å². The van der Waals surface area contributed by atoms with Crippen LogP contribution in [0.3, 0.4) is 0 Å². The van der Waals surface area contributed by atoms with Crippen molar-refractivity contribution < 1.29 is 9.50 Å². The first-order chi connectivity index (χ1) is 13.5. The summed E-state index contributed by atoms with van der Waals surface area (Å²) in [5.41, 5.74) is 1.15. The maximum atomic E-state index is 14.5. The number of aliphatic hydroxyl groups is 1. The average molecular weight is 400 g/mol. The number of nitrogens with zero attached hydrogens (tertiary/aromatic N) is 4. The van der Waals surface area contributed by atoms with Crippen molar-refractivity contribution in [2.45, 2.75) is 45.3 Å². The van der Waals surface area contributed by atoms with Crippen LogP contribution in [0.25, 0.3) is 15.7 Å². The minimum absolute atomic E-state index is 0.104. The Balaban J connectivity index is 1.72. The van der Waals surface area contributed by atoms with Crippen LogP contribution in [0, 0.1) is 0 Å². The van der Waals surface area contributed by atoms with E-state index in [1.807, 2.05) is 32.0 Å². The molecule has 2 heterocycles. The van der Waals surface area contributed by atoms with Gasteiger partial charge in [-0.1, -0.05) is 0 Å². The SMILES string of the molecule is CC(C)Nc1nc(Nc2ccc3sncc3c2)nc(C2=C(F)C(O)CCC2)n1. The Bertz CT molecular complexity index is 1030. The number of hydrogen-bond donors (Lipinski definition) is 3. The zero-order valence-corrected chi connectivity index (χ0v) is 16.4. The molecule has 0 aliphatic heterocycles.